The average Bonchev–Trinajstić information content (AvgIpc) is 3.34. The molecule has 5 rings (SSSR count). The Hall–Kier alpha value is -3.41. The number of aromatic amines is 2. The normalized spacial score (nSPS) is 16.0. The maximum atomic E-state index is 13.0. The molecule has 1 amide bonds. The third kappa shape index (κ3) is 3.01. The molecule has 4 aromatic rings. The van der Waals surface area contributed by atoms with Crippen molar-refractivity contribution in [3.63, 3.8) is 0 Å². The molecule has 3 N–H and O–H groups in total. The van der Waals surface area contributed by atoms with Crippen molar-refractivity contribution in [1.82, 2.24) is 15.3 Å². The Morgan fingerprint density at radius 1 is 1.00 bits per heavy atom. The van der Waals surface area contributed by atoms with Crippen LogP contribution >= 0.6 is 0 Å². The van der Waals surface area contributed by atoms with Crippen LogP contribution in [0.3, 0.4) is 0 Å². The Bertz CT molecular complexity index is 1220. The number of rotatable bonds is 4. The van der Waals surface area contributed by atoms with Crippen molar-refractivity contribution in [2.45, 2.75) is 25.3 Å². The van der Waals surface area contributed by atoms with E-state index >= 15 is 0 Å². The molecular weight excluding hydrogens is 366 g/mol. The van der Waals surface area contributed by atoms with E-state index < -0.39 is 0 Å². The maximum Gasteiger partial charge on any atom is 0.268 e. The number of H-pyrrole nitrogens is 2. The van der Waals surface area contributed by atoms with E-state index in [9.17, 15) is 4.79 Å². The summed E-state index contributed by atoms with van der Waals surface area (Å²) in [4.78, 5) is 19.7. The highest BCUT2D eigenvalue weighted by atomic mass is 16.5. The number of methoxy groups -OCH3 is 2. The molecular formula is C23H23N3O3. The molecule has 2 aromatic heterocycles. The van der Waals surface area contributed by atoms with Gasteiger partial charge in [0.15, 0.2) is 0 Å². The van der Waals surface area contributed by atoms with Gasteiger partial charge >= 0.3 is 0 Å². The number of benzene rings is 2. The van der Waals surface area contributed by atoms with Crippen LogP contribution in [0.5, 0.6) is 11.5 Å². The van der Waals surface area contributed by atoms with E-state index in [0.29, 0.717) is 5.69 Å². The summed E-state index contributed by atoms with van der Waals surface area (Å²) in [7, 11) is 3.31. The molecule has 0 fully saturated rings. The number of aromatic nitrogens is 2. The zero-order valence-electron chi connectivity index (χ0n) is 16.5. The van der Waals surface area contributed by atoms with Gasteiger partial charge in [-0.05, 0) is 61.2 Å². The number of aryl methyl sites for hydroxylation is 1. The van der Waals surface area contributed by atoms with Crippen LogP contribution in [-0.4, -0.2) is 30.1 Å². The monoisotopic (exact) mass is 389 g/mol. The van der Waals surface area contributed by atoms with E-state index in [1.807, 2.05) is 36.4 Å². The van der Waals surface area contributed by atoms with Crippen molar-refractivity contribution in [3.05, 3.63) is 59.4 Å². The summed E-state index contributed by atoms with van der Waals surface area (Å²) in [5, 5.41) is 5.37. The van der Waals surface area contributed by atoms with Gasteiger partial charge in [-0.1, -0.05) is 0 Å². The van der Waals surface area contributed by atoms with Gasteiger partial charge in [-0.15, -0.1) is 0 Å². The molecule has 0 unspecified atom stereocenters. The molecule has 1 atom stereocenters. The van der Waals surface area contributed by atoms with Crippen molar-refractivity contribution < 1.29 is 14.3 Å². The van der Waals surface area contributed by atoms with Crippen molar-refractivity contribution in [2.75, 3.05) is 14.2 Å². The SMILES string of the molecule is COc1ccc2cc(C(=O)N[C@H]3CCCc4c3[nH]c3ccc(OC)cc43)[nH]c2c1. The van der Waals surface area contributed by atoms with Crippen molar-refractivity contribution in [3.8, 4) is 11.5 Å². The second-order valence-corrected chi connectivity index (χ2v) is 7.48. The first-order valence-corrected chi connectivity index (χ1v) is 9.82. The lowest BCUT2D eigenvalue weighted by Crippen LogP contribution is -2.31. The fraction of sp³-hybridized carbons (Fsp3) is 0.261. The number of hydrogen-bond donors (Lipinski definition) is 3. The second kappa shape index (κ2) is 6.88. The van der Waals surface area contributed by atoms with Gasteiger partial charge in [-0.3, -0.25) is 4.79 Å². The fourth-order valence-electron chi connectivity index (χ4n) is 4.30. The third-order valence-corrected chi connectivity index (χ3v) is 5.79. The summed E-state index contributed by atoms with van der Waals surface area (Å²) in [5.41, 5.74) is 4.90. The predicted molar refractivity (Wildman–Crippen MR) is 113 cm³/mol. The Labute approximate surface area is 168 Å². The highest BCUT2D eigenvalue weighted by Gasteiger charge is 2.26. The van der Waals surface area contributed by atoms with E-state index in [-0.39, 0.29) is 11.9 Å². The van der Waals surface area contributed by atoms with Crippen molar-refractivity contribution in [2.24, 2.45) is 0 Å². The van der Waals surface area contributed by atoms with Crippen LogP contribution in [0, 0.1) is 0 Å². The van der Waals surface area contributed by atoms with E-state index in [2.05, 4.69) is 21.4 Å². The number of ether oxygens (including phenoxy) is 2. The highest BCUT2D eigenvalue weighted by Crippen LogP contribution is 2.36. The van der Waals surface area contributed by atoms with Crippen LogP contribution in [-0.2, 0) is 6.42 Å². The van der Waals surface area contributed by atoms with E-state index in [0.717, 1.165) is 52.9 Å². The molecule has 2 heterocycles. The minimum atomic E-state index is -0.103. The highest BCUT2D eigenvalue weighted by molar-refractivity contribution is 5.98. The van der Waals surface area contributed by atoms with Gasteiger partial charge in [0.1, 0.15) is 17.2 Å². The first-order valence-electron chi connectivity index (χ1n) is 9.82. The van der Waals surface area contributed by atoms with Crippen LogP contribution in [0.4, 0.5) is 0 Å². The summed E-state index contributed by atoms with van der Waals surface area (Å²) < 4.78 is 10.6. The molecule has 1 aliphatic carbocycles. The predicted octanol–water partition coefficient (Wildman–Crippen LogP) is 4.47. The van der Waals surface area contributed by atoms with Gasteiger partial charge < -0.3 is 24.8 Å². The Morgan fingerprint density at radius 2 is 1.79 bits per heavy atom. The van der Waals surface area contributed by atoms with Gasteiger partial charge in [-0.25, -0.2) is 0 Å². The van der Waals surface area contributed by atoms with Crippen LogP contribution in [0.15, 0.2) is 42.5 Å². The molecule has 148 valence electrons. The number of amides is 1. The molecule has 2 aromatic carbocycles. The van der Waals surface area contributed by atoms with Gasteiger partial charge in [0.05, 0.1) is 20.3 Å². The molecule has 29 heavy (non-hydrogen) atoms. The van der Waals surface area contributed by atoms with Gasteiger partial charge in [0.25, 0.3) is 5.91 Å². The second-order valence-electron chi connectivity index (χ2n) is 7.48. The minimum absolute atomic E-state index is 0.0365. The zero-order valence-corrected chi connectivity index (χ0v) is 16.5. The number of nitrogens with one attached hydrogen (secondary N) is 3. The lowest BCUT2D eigenvalue weighted by Gasteiger charge is -2.23. The summed E-state index contributed by atoms with van der Waals surface area (Å²) in [6.45, 7) is 0. The lowest BCUT2D eigenvalue weighted by atomic mass is 9.91. The van der Waals surface area contributed by atoms with Crippen molar-refractivity contribution >= 4 is 27.7 Å². The molecule has 0 bridgehead atoms. The number of fused-ring (bicyclic) bond motifs is 4. The first kappa shape index (κ1) is 17.7. The standard InChI is InChI=1S/C23H23N3O3/c1-28-14-8-9-18-17(11-14)16-4-3-5-19(22(16)25-18)26-23(27)21-10-13-6-7-15(29-2)12-20(13)24-21/h6-12,19,24-25H,3-5H2,1-2H3,(H,26,27)/t19-/m0/s1. The number of carbonyl (C=O) groups excluding carboxylic acids is 1. The van der Waals surface area contributed by atoms with Crippen LogP contribution < -0.4 is 14.8 Å². The zero-order chi connectivity index (χ0) is 20.0. The van der Waals surface area contributed by atoms with E-state index in [1.54, 1.807) is 14.2 Å². The molecule has 1 aliphatic rings. The van der Waals surface area contributed by atoms with Gasteiger partial charge in [0.2, 0.25) is 0 Å². The fourth-order valence-corrected chi connectivity index (χ4v) is 4.30. The molecule has 0 radical (unpaired) electrons. The summed E-state index contributed by atoms with van der Waals surface area (Å²) >= 11 is 0. The maximum absolute atomic E-state index is 13.0. The number of carbonyl (C=O) groups is 1. The van der Waals surface area contributed by atoms with Gasteiger partial charge in [0, 0.05) is 33.6 Å². The van der Waals surface area contributed by atoms with Crippen LogP contribution in [0.2, 0.25) is 0 Å². The lowest BCUT2D eigenvalue weighted by molar-refractivity contribution is 0.0927. The quantitative estimate of drug-likeness (QED) is 0.482. The largest absolute Gasteiger partial charge is 0.497 e. The summed E-state index contributed by atoms with van der Waals surface area (Å²) in [5.74, 6) is 1.50. The molecule has 0 spiro atoms. The molecule has 0 saturated heterocycles. The van der Waals surface area contributed by atoms with Crippen LogP contribution in [0.25, 0.3) is 21.8 Å². The van der Waals surface area contributed by atoms with Gasteiger partial charge in [-0.2, -0.15) is 0 Å². The van der Waals surface area contributed by atoms with Crippen molar-refractivity contribution in [1.29, 1.82) is 0 Å². The summed E-state index contributed by atoms with van der Waals surface area (Å²) in [6.07, 6.45) is 2.95. The smallest absolute Gasteiger partial charge is 0.268 e. The molecule has 0 saturated carbocycles. The molecule has 6 heteroatoms. The Kier molecular flexibility index (Phi) is 4.19. The minimum Gasteiger partial charge on any atom is -0.497 e. The topological polar surface area (TPSA) is 79.1 Å². The van der Waals surface area contributed by atoms with Crippen LogP contribution in [0.1, 0.15) is 40.6 Å². The van der Waals surface area contributed by atoms with E-state index in [4.69, 9.17) is 9.47 Å². The Balaban J connectivity index is 1.45. The third-order valence-electron chi connectivity index (χ3n) is 5.79. The first-order chi connectivity index (χ1) is 14.2. The molecule has 6 nitrogen and oxygen atoms in total. The molecule has 0 aliphatic heterocycles. The number of hydrogen-bond acceptors (Lipinski definition) is 3. The van der Waals surface area contributed by atoms with E-state index in [1.165, 1.54) is 10.9 Å². The Morgan fingerprint density at radius 3 is 2.62 bits per heavy atom. The summed E-state index contributed by atoms with van der Waals surface area (Å²) in [6, 6.07) is 13.6. The average molecular weight is 389 g/mol.